The van der Waals surface area contributed by atoms with Gasteiger partial charge in [0.1, 0.15) is 5.82 Å². The van der Waals surface area contributed by atoms with Gasteiger partial charge in [-0.05, 0) is 76.8 Å². The van der Waals surface area contributed by atoms with E-state index in [-0.39, 0.29) is 12.4 Å². The summed E-state index contributed by atoms with van der Waals surface area (Å²) in [5.74, 6) is 0.630. The summed E-state index contributed by atoms with van der Waals surface area (Å²) in [6.45, 7) is 4.09. The van der Waals surface area contributed by atoms with E-state index in [0.717, 1.165) is 87.4 Å². The smallest absolute Gasteiger partial charge is 0.454 e. The van der Waals surface area contributed by atoms with Crippen molar-refractivity contribution in [3.05, 3.63) is 207 Å². The van der Waals surface area contributed by atoms with Gasteiger partial charge >= 0.3 is 11.8 Å². The number of hydrogen-bond donors (Lipinski definition) is 0. The molecule has 0 spiro atoms. The van der Waals surface area contributed by atoms with Crippen molar-refractivity contribution in [2.75, 3.05) is 0 Å². The number of benzene rings is 5. The number of allylic oxidation sites excluding steroid dienone is 1. The molecule has 0 bridgehead atoms. The molecule has 8 aromatic rings. The van der Waals surface area contributed by atoms with Crippen LogP contribution < -0.4 is 5.82 Å². The van der Waals surface area contributed by atoms with Gasteiger partial charge in [-0.1, -0.05) is 146 Å². The highest BCUT2D eigenvalue weighted by atomic mass is 16.6. The third-order valence-corrected chi connectivity index (χ3v) is 11.4. The number of tetrazole rings is 1. The average Bonchev–Trinajstić information content (AvgIpc) is 3.98. The number of fused-ring (bicyclic) bond motifs is 1. The number of hydrogen-bond acceptors (Lipinski definition) is 9. The zero-order valence-electron chi connectivity index (χ0n) is 34.0. The van der Waals surface area contributed by atoms with Crippen molar-refractivity contribution in [1.29, 1.82) is 0 Å². The molecule has 0 amide bonds. The van der Waals surface area contributed by atoms with Gasteiger partial charge in [0.15, 0.2) is 23.7 Å². The Hall–Kier alpha value is -7.40. The summed E-state index contributed by atoms with van der Waals surface area (Å²) in [4.78, 5) is 31.4. The van der Waals surface area contributed by atoms with Crippen LogP contribution in [0, 0.1) is 6.92 Å². The predicted octanol–water partition coefficient (Wildman–Crippen LogP) is 9.36. The van der Waals surface area contributed by atoms with Gasteiger partial charge in [-0.3, -0.25) is 0 Å². The molecule has 0 radical (unpaired) electrons. The molecule has 0 N–H and O–H groups in total. The molecular formula is C50H44N6O5. The van der Waals surface area contributed by atoms with Crippen molar-refractivity contribution >= 4 is 11.5 Å². The number of imidazole rings is 1. The molecule has 9 rings (SSSR count). The Labute approximate surface area is 353 Å². The van der Waals surface area contributed by atoms with E-state index in [4.69, 9.17) is 34.0 Å². The summed E-state index contributed by atoms with van der Waals surface area (Å²) in [7, 11) is 0. The molecule has 0 saturated heterocycles. The Morgan fingerprint density at radius 1 is 0.770 bits per heavy atom. The first-order chi connectivity index (χ1) is 29.9. The van der Waals surface area contributed by atoms with Crippen LogP contribution >= 0.6 is 0 Å². The van der Waals surface area contributed by atoms with Crippen LogP contribution in [-0.2, 0) is 41.1 Å². The van der Waals surface area contributed by atoms with Crippen molar-refractivity contribution in [1.82, 2.24) is 29.8 Å². The van der Waals surface area contributed by atoms with E-state index >= 15 is 0 Å². The summed E-state index contributed by atoms with van der Waals surface area (Å²) < 4.78 is 17.7. The second kappa shape index (κ2) is 17.1. The summed E-state index contributed by atoms with van der Waals surface area (Å²) in [5.41, 5.74) is 8.96. The van der Waals surface area contributed by atoms with Gasteiger partial charge in [0.2, 0.25) is 5.82 Å². The number of carbonyl (C=O) groups is 1. The summed E-state index contributed by atoms with van der Waals surface area (Å²) in [5, 5.41) is 14.7. The van der Waals surface area contributed by atoms with E-state index in [1.54, 1.807) is 17.8 Å². The molecule has 5 aromatic carbocycles. The van der Waals surface area contributed by atoms with E-state index in [2.05, 4.69) is 78.2 Å². The van der Waals surface area contributed by atoms with Gasteiger partial charge in [0, 0.05) is 24.6 Å². The van der Waals surface area contributed by atoms with Crippen LogP contribution in [0.5, 0.6) is 0 Å². The summed E-state index contributed by atoms with van der Waals surface area (Å²) in [6.07, 6.45) is 5.75. The number of nitrogens with zero attached hydrogens (tertiary/aromatic N) is 6. The lowest BCUT2D eigenvalue weighted by molar-refractivity contribution is -0.139. The Morgan fingerprint density at radius 2 is 1.38 bits per heavy atom. The Balaban J connectivity index is 1.03. The molecule has 61 heavy (non-hydrogen) atoms. The Kier molecular flexibility index (Phi) is 10.9. The molecule has 0 saturated carbocycles. The number of aromatic nitrogens is 6. The molecule has 3 aromatic heterocycles. The zero-order chi connectivity index (χ0) is 41.8. The van der Waals surface area contributed by atoms with E-state index in [0.29, 0.717) is 24.6 Å². The standard InChI is InChI=1S/C50H44N6O5/c1-3-45-51-43-26-16-13-17-37(31-46(57)59-33-44-34(2)60-49(58)61-44)47(43)55(45)32-35-27-29-36(30-28-35)41-24-14-15-25-42(41)48-52-54-56(53-48)50(38-18-7-4-8-19-38,39-20-9-5-10-21-39)40-22-11-6-12-23-40/h4-12,14-15,18-25,27-31H,3,13,16-17,26,32-33H2,1-2H3/b37-31+. The van der Waals surface area contributed by atoms with Crippen molar-refractivity contribution in [3.8, 4) is 22.5 Å². The lowest BCUT2D eigenvalue weighted by Gasteiger charge is -2.34. The third-order valence-electron chi connectivity index (χ3n) is 11.4. The van der Waals surface area contributed by atoms with Crippen LogP contribution in [0.1, 0.15) is 77.2 Å². The minimum absolute atomic E-state index is 0.188. The van der Waals surface area contributed by atoms with Crippen LogP contribution in [0.4, 0.5) is 0 Å². The van der Waals surface area contributed by atoms with Gasteiger partial charge in [-0.15, -0.1) is 15.0 Å². The first-order valence-corrected chi connectivity index (χ1v) is 20.6. The largest absolute Gasteiger partial charge is 0.519 e. The minimum atomic E-state index is -0.887. The van der Waals surface area contributed by atoms with E-state index in [9.17, 15) is 9.59 Å². The fourth-order valence-corrected chi connectivity index (χ4v) is 8.47. The summed E-state index contributed by atoms with van der Waals surface area (Å²) >= 11 is 0. The van der Waals surface area contributed by atoms with Crippen LogP contribution in [0.3, 0.4) is 0 Å². The van der Waals surface area contributed by atoms with E-state index in [1.165, 1.54) is 0 Å². The molecule has 0 fully saturated rings. The number of aryl methyl sites for hydroxylation is 3. The van der Waals surface area contributed by atoms with E-state index in [1.807, 2.05) is 72.8 Å². The predicted molar refractivity (Wildman–Crippen MR) is 231 cm³/mol. The van der Waals surface area contributed by atoms with Crippen molar-refractivity contribution < 1.29 is 18.4 Å². The Bertz CT molecular complexity index is 2780. The highest BCUT2D eigenvalue weighted by molar-refractivity contribution is 5.91. The normalized spacial score (nSPS) is 13.5. The topological polar surface area (TPSA) is 131 Å². The molecule has 0 atom stereocenters. The Morgan fingerprint density at radius 3 is 1.98 bits per heavy atom. The van der Waals surface area contributed by atoms with Crippen molar-refractivity contribution in [3.63, 3.8) is 0 Å². The second-order valence-electron chi connectivity index (χ2n) is 15.1. The maximum absolute atomic E-state index is 13.1. The fraction of sp³-hybridized carbons (Fsp3) is 0.200. The first-order valence-electron chi connectivity index (χ1n) is 20.6. The highest BCUT2D eigenvalue weighted by Gasteiger charge is 2.41. The van der Waals surface area contributed by atoms with Gasteiger partial charge in [-0.2, -0.15) is 0 Å². The molecule has 3 heterocycles. The SMILES string of the molecule is CCc1nc2c(n1Cc1ccc(-c3ccccc3-c3nnn(C(c4ccccc4)(c4ccccc4)c4ccccc4)n3)cc1)/C(=C/C(=O)OCc1oc(=O)oc1C)CCCC2. The molecule has 1 aliphatic rings. The number of esters is 1. The zero-order valence-corrected chi connectivity index (χ0v) is 34.0. The molecule has 0 unspecified atom stereocenters. The maximum atomic E-state index is 13.1. The van der Waals surface area contributed by atoms with Crippen LogP contribution in [0.2, 0.25) is 0 Å². The third kappa shape index (κ3) is 7.66. The number of rotatable bonds is 12. The van der Waals surface area contributed by atoms with Crippen LogP contribution in [0.15, 0.2) is 159 Å². The van der Waals surface area contributed by atoms with E-state index < -0.39 is 17.3 Å². The van der Waals surface area contributed by atoms with Gasteiger partial charge in [0.05, 0.1) is 11.4 Å². The quantitative estimate of drug-likeness (QED) is 0.0513. The lowest BCUT2D eigenvalue weighted by atomic mass is 9.77. The first kappa shape index (κ1) is 39.1. The molecule has 304 valence electrons. The minimum Gasteiger partial charge on any atom is -0.454 e. The maximum Gasteiger partial charge on any atom is 0.519 e. The second-order valence-corrected chi connectivity index (χ2v) is 15.1. The molecular weight excluding hydrogens is 765 g/mol. The van der Waals surface area contributed by atoms with Gasteiger partial charge in [-0.25, -0.2) is 14.6 Å². The number of ether oxygens (including phenoxy) is 1. The average molecular weight is 809 g/mol. The van der Waals surface area contributed by atoms with Gasteiger partial charge in [0.25, 0.3) is 0 Å². The van der Waals surface area contributed by atoms with Crippen LogP contribution in [-0.4, -0.2) is 35.7 Å². The molecule has 11 nitrogen and oxygen atoms in total. The number of carbonyl (C=O) groups excluding carboxylic acids is 1. The molecule has 1 aliphatic carbocycles. The molecule has 11 heteroatoms. The summed E-state index contributed by atoms with van der Waals surface area (Å²) in [6, 6.07) is 47.7. The van der Waals surface area contributed by atoms with Crippen molar-refractivity contribution in [2.45, 2.75) is 64.6 Å². The fourth-order valence-electron chi connectivity index (χ4n) is 8.47. The van der Waals surface area contributed by atoms with Crippen molar-refractivity contribution in [2.24, 2.45) is 0 Å². The lowest BCUT2D eigenvalue weighted by Crippen LogP contribution is -2.39. The highest BCUT2D eigenvalue weighted by Crippen LogP contribution is 2.41. The molecule has 0 aliphatic heterocycles. The monoisotopic (exact) mass is 808 g/mol. The van der Waals surface area contributed by atoms with Gasteiger partial charge < -0.3 is 18.1 Å². The van der Waals surface area contributed by atoms with Crippen LogP contribution in [0.25, 0.3) is 28.1 Å².